The van der Waals surface area contributed by atoms with E-state index in [1.807, 2.05) is 56.0 Å². The minimum Gasteiger partial charge on any atom is -0.361 e. The second kappa shape index (κ2) is 6.68. The van der Waals surface area contributed by atoms with Gasteiger partial charge in [0.05, 0.1) is 0 Å². The number of benzene rings is 1. The molecule has 0 heterocycles. The number of nitrogens with zero attached hydrogens (tertiary/aromatic N) is 2. The maximum Gasteiger partial charge on any atom is 0.347 e. The fourth-order valence-corrected chi connectivity index (χ4v) is 1.57. The molecule has 1 rings (SSSR count). The van der Waals surface area contributed by atoms with E-state index in [0.717, 1.165) is 24.6 Å². The van der Waals surface area contributed by atoms with Crippen LogP contribution in [-0.2, 0) is 0 Å². The van der Waals surface area contributed by atoms with Crippen LogP contribution >= 0.6 is 0 Å². The van der Waals surface area contributed by atoms with Crippen molar-refractivity contribution in [3.8, 4) is 0 Å². The van der Waals surface area contributed by atoms with E-state index in [1.165, 1.54) is 0 Å². The van der Waals surface area contributed by atoms with Gasteiger partial charge in [-0.3, -0.25) is 0 Å². The summed E-state index contributed by atoms with van der Waals surface area (Å²) in [6, 6.07) is 8.98. The first-order valence-electron chi connectivity index (χ1n) is 5.83. The lowest BCUT2D eigenvalue weighted by molar-refractivity contribution is 0.259. The highest BCUT2D eigenvalue weighted by Gasteiger charge is 2.04. The molecule has 4 heteroatoms. The van der Waals surface area contributed by atoms with E-state index in [-0.39, 0.29) is 6.03 Å². The first-order chi connectivity index (χ1) is 8.17. The second-order valence-electron chi connectivity index (χ2n) is 3.63. The molecule has 0 aliphatic carbocycles. The van der Waals surface area contributed by atoms with Crippen LogP contribution in [0.2, 0.25) is 0 Å². The number of carbonyl (C=O) groups is 1. The Bertz CT molecular complexity index is 383. The molecule has 2 amide bonds. The quantitative estimate of drug-likeness (QED) is 0.644. The highest BCUT2D eigenvalue weighted by molar-refractivity contribution is 5.99. The molecular weight excluding hydrogens is 214 g/mol. The van der Waals surface area contributed by atoms with E-state index < -0.39 is 0 Å². The average Bonchev–Trinajstić information content (AvgIpc) is 2.31. The molecule has 0 aromatic heterocycles. The lowest BCUT2D eigenvalue weighted by Gasteiger charge is -2.19. The minimum absolute atomic E-state index is 0.333. The van der Waals surface area contributed by atoms with Gasteiger partial charge in [-0.15, -0.1) is 0 Å². The van der Waals surface area contributed by atoms with Crippen LogP contribution in [-0.4, -0.2) is 29.9 Å². The maximum absolute atomic E-state index is 11.6. The first kappa shape index (κ1) is 13.2. The average molecular weight is 233 g/mol. The fourth-order valence-electron chi connectivity index (χ4n) is 1.57. The number of aliphatic imine (C=N–C) groups is 1. The molecule has 0 saturated heterocycles. The Labute approximate surface area is 102 Å². The van der Waals surface area contributed by atoms with E-state index in [2.05, 4.69) is 10.3 Å². The molecule has 0 aliphatic rings. The molecule has 0 spiro atoms. The van der Waals surface area contributed by atoms with Crippen molar-refractivity contribution in [2.45, 2.75) is 20.8 Å². The molecule has 1 N–H and O–H groups in total. The third kappa shape index (κ3) is 4.26. The third-order valence-corrected chi connectivity index (χ3v) is 2.51. The summed E-state index contributed by atoms with van der Waals surface area (Å²) in [5, 5.41) is 2.72. The van der Waals surface area contributed by atoms with Gasteiger partial charge >= 0.3 is 6.03 Å². The van der Waals surface area contributed by atoms with Crippen LogP contribution in [0.4, 0.5) is 10.5 Å². The van der Waals surface area contributed by atoms with Crippen molar-refractivity contribution < 1.29 is 4.79 Å². The standard InChI is InChI=1S/C13H19N3O/c1-4-16(5-2)11(3)14-13(17)15-12-9-7-6-8-10-12/h6-10H,4-5H2,1-3H3,(H,15,17). The molecule has 0 atom stereocenters. The van der Waals surface area contributed by atoms with Crippen molar-refractivity contribution in [3.05, 3.63) is 30.3 Å². The zero-order chi connectivity index (χ0) is 12.7. The van der Waals surface area contributed by atoms with Crippen molar-refractivity contribution in [3.63, 3.8) is 0 Å². The zero-order valence-corrected chi connectivity index (χ0v) is 10.6. The topological polar surface area (TPSA) is 44.7 Å². The number of anilines is 1. The molecule has 17 heavy (non-hydrogen) atoms. The van der Waals surface area contributed by atoms with Crippen molar-refractivity contribution in [1.29, 1.82) is 0 Å². The van der Waals surface area contributed by atoms with Gasteiger partial charge in [-0.05, 0) is 32.9 Å². The Morgan fingerprint density at radius 1 is 1.24 bits per heavy atom. The molecule has 4 nitrogen and oxygen atoms in total. The number of amides is 2. The summed E-state index contributed by atoms with van der Waals surface area (Å²) < 4.78 is 0. The van der Waals surface area contributed by atoms with E-state index in [9.17, 15) is 4.79 Å². The summed E-state index contributed by atoms with van der Waals surface area (Å²) in [5.41, 5.74) is 0.758. The molecule has 0 fully saturated rings. The Kier molecular flexibility index (Phi) is 5.20. The minimum atomic E-state index is -0.333. The lowest BCUT2D eigenvalue weighted by Crippen LogP contribution is -2.29. The van der Waals surface area contributed by atoms with Crippen molar-refractivity contribution in [1.82, 2.24) is 4.90 Å². The highest BCUT2D eigenvalue weighted by atomic mass is 16.2. The lowest BCUT2D eigenvalue weighted by atomic mass is 10.3. The fraction of sp³-hybridized carbons (Fsp3) is 0.385. The predicted molar refractivity (Wildman–Crippen MR) is 71.5 cm³/mol. The zero-order valence-electron chi connectivity index (χ0n) is 10.6. The number of amidine groups is 1. The Hall–Kier alpha value is -1.84. The number of rotatable bonds is 3. The molecule has 0 unspecified atom stereocenters. The summed E-state index contributed by atoms with van der Waals surface area (Å²) in [6.07, 6.45) is 0. The van der Waals surface area contributed by atoms with E-state index in [1.54, 1.807) is 0 Å². The molecule has 0 radical (unpaired) electrons. The Morgan fingerprint density at radius 2 is 1.82 bits per heavy atom. The molecular formula is C13H19N3O. The van der Waals surface area contributed by atoms with Crippen LogP contribution < -0.4 is 5.32 Å². The van der Waals surface area contributed by atoms with Gasteiger partial charge in [-0.1, -0.05) is 18.2 Å². The molecule has 0 bridgehead atoms. The largest absolute Gasteiger partial charge is 0.361 e. The number of hydrogen-bond donors (Lipinski definition) is 1. The summed E-state index contributed by atoms with van der Waals surface area (Å²) in [5.74, 6) is 0.739. The van der Waals surface area contributed by atoms with Crippen molar-refractivity contribution in [2.24, 2.45) is 4.99 Å². The van der Waals surface area contributed by atoms with Gasteiger partial charge in [0.25, 0.3) is 0 Å². The van der Waals surface area contributed by atoms with Gasteiger partial charge in [-0.2, -0.15) is 4.99 Å². The number of nitrogens with one attached hydrogen (secondary N) is 1. The smallest absolute Gasteiger partial charge is 0.347 e. The maximum atomic E-state index is 11.6. The van der Waals surface area contributed by atoms with Gasteiger partial charge in [0.2, 0.25) is 0 Å². The summed E-state index contributed by atoms with van der Waals surface area (Å²) >= 11 is 0. The molecule has 1 aromatic rings. The van der Waals surface area contributed by atoms with Gasteiger partial charge in [0.1, 0.15) is 5.84 Å². The van der Waals surface area contributed by atoms with Crippen LogP contribution in [0.15, 0.2) is 35.3 Å². The van der Waals surface area contributed by atoms with Crippen LogP contribution in [0, 0.1) is 0 Å². The van der Waals surface area contributed by atoms with Crippen molar-refractivity contribution >= 4 is 17.6 Å². The van der Waals surface area contributed by atoms with Gasteiger partial charge in [0.15, 0.2) is 0 Å². The summed E-state index contributed by atoms with van der Waals surface area (Å²) in [4.78, 5) is 17.7. The number of urea groups is 1. The highest BCUT2D eigenvalue weighted by Crippen LogP contribution is 2.05. The molecule has 92 valence electrons. The van der Waals surface area contributed by atoms with E-state index in [0.29, 0.717) is 0 Å². The summed E-state index contributed by atoms with van der Waals surface area (Å²) in [6.45, 7) is 7.63. The monoisotopic (exact) mass is 233 g/mol. The van der Waals surface area contributed by atoms with Crippen LogP contribution in [0.3, 0.4) is 0 Å². The first-order valence-corrected chi connectivity index (χ1v) is 5.83. The SMILES string of the molecule is CCN(CC)C(C)=NC(=O)Nc1ccccc1. The predicted octanol–water partition coefficient (Wildman–Crippen LogP) is 2.98. The molecule has 0 saturated carbocycles. The van der Waals surface area contributed by atoms with Gasteiger partial charge < -0.3 is 10.2 Å². The summed E-state index contributed by atoms with van der Waals surface area (Å²) in [7, 11) is 0. The second-order valence-corrected chi connectivity index (χ2v) is 3.63. The molecule has 0 aliphatic heterocycles. The number of para-hydroxylation sites is 1. The van der Waals surface area contributed by atoms with E-state index >= 15 is 0 Å². The Balaban J connectivity index is 2.63. The third-order valence-electron chi connectivity index (χ3n) is 2.51. The number of hydrogen-bond acceptors (Lipinski definition) is 1. The Morgan fingerprint density at radius 3 is 2.35 bits per heavy atom. The van der Waals surface area contributed by atoms with E-state index in [4.69, 9.17) is 0 Å². The molecule has 1 aromatic carbocycles. The van der Waals surface area contributed by atoms with Crippen molar-refractivity contribution in [2.75, 3.05) is 18.4 Å². The van der Waals surface area contributed by atoms with Crippen LogP contribution in [0.1, 0.15) is 20.8 Å². The normalized spacial score (nSPS) is 11.1. The van der Waals surface area contributed by atoms with Crippen LogP contribution in [0.25, 0.3) is 0 Å². The van der Waals surface area contributed by atoms with Gasteiger partial charge in [-0.25, -0.2) is 4.79 Å². The van der Waals surface area contributed by atoms with Gasteiger partial charge in [0, 0.05) is 18.8 Å². The number of carbonyl (C=O) groups excluding carboxylic acids is 1. The van der Waals surface area contributed by atoms with Crippen LogP contribution in [0.5, 0.6) is 0 Å².